The lowest BCUT2D eigenvalue weighted by atomic mass is 10.1. The fourth-order valence-corrected chi connectivity index (χ4v) is 1.87. The molecule has 2 aromatic rings. The third-order valence-corrected chi connectivity index (χ3v) is 3.20. The lowest BCUT2D eigenvalue weighted by Gasteiger charge is -2.08. The van der Waals surface area contributed by atoms with Crippen molar-refractivity contribution in [1.82, 2.24) is 10.1 Å². The molecule has 1 N–H and O–H groups in total. The van der Waals surface area contributed by atoms with E-state index in [1.807, 2.05) is 24.3 Å². The highest BCUT2D eigenvalue weighted by Crippen LogP contribution is 2.18. The molecule has 90 valence electrons. The van der Waals surface area contributed by atoms with Gasteiger partial charge in [-0.1, -0.05) is 17.3 Å². The largest absolute Gasteiger partial charge is 0.388 e. The van der Waals surface area contributed by atoms with Crippen LogP contribution in [0.1, 0.15) is 23.4 Å². The molecule has 0 radical (unpaired) electrons. The average Bonchev–Trinajstić information content (AvgIpc) is 2.77. The minimum absolute atomic E-state index is 0.187. The minimum Gasteiger partial charge on any atom is -0.388 e. The van der Waals surface area contributed by atoms with Crippen molar-refractivity contribution in [3.63, 3.8) is 0 Å². The first-order chi connectivity index (χ1) is 8.19. The van der Waals surface area contributed by atoms with Crippen molar-refractivity contribution in [3.8, 4) is 0 Å². The van der Waals surface area contributed by atoms with Crippen LogP contribution in [0, 0.1) is 3.57 Å². The van der Waals surface area contributed by atoms with Gasteiger partial charge >= 0.3 is 0 Å². The smallest absolute Gasteiger partial charge is 0.241 e. The van der Waals surface area contributed by atoms with E-state index in [0.717, 1.165) is 9.13 Å². The summed E-state index contributed by atoms with van der Waals surface area (Å²) >= 11 is 7.77. The van der Waals surface area contributed by atoms with Crippen molar-refractivity contribution in [2.45, 2.75) is 18.4 Å². The molecule has 0 unspecified atom stereocenters. The van der Waals surface area contributed by atoms with Crippen LogP contribution in [-0.2, 0) is 12.3 Å². The second-order valence-electron chi connectivity index (χ2n) is 3.51. The molecular weight excluding hydrogens is 354 g/mol. The van der Waals surface area contributed by atoms with Crippen LogP contribution in [-0.4, -0.2) is 15.2 Å². The molecule has 0 saturated heterocycles. The summed E-state index contributed by atoms with van der Waals surface area (Å²) in [6.07, 6.45) is -0.311. The molecule has 0 spiro atoms. The van der Waals surface area contributed by atoms with Crippen LogP contribution >= 0.6 is 34.2 Å². The molecule has 0 fully saturated rings. The van der Waals surface area contributed by atoms with Gasteiger partial charge in [0.1, 0.15) is 5.88 Å². The molecule has 0 aliphatic heterocycles. The number of halogens is 2. The zero-order valence-electron chi connectivity index (χ0n) is 8.81. The fraction of sp³-hybridized carbons (Fsp3) is 0.273. The highest BCUT2D eigenvalue weighted by Gasteiger charge is 2.13. The highest BCUT2D eigenvalue weighted by atomic mass is 127. The van der Waals surface area contributed by atoms with E-state index in [4.69, 9.17) is 16.1 Å². The van der Waals surface area contributed by atoms with Gasteiger partial charge in [-0.25, -0.2) is 0 Å². The Morgan fingerprint density at radius 1 is 1.35 bits per heavy atom. The number of rotatable bonds is 4. The van der Waals surface area contributed by atoms with E-state index in [2.05, 4.69) is 32.7 Å². The van der Waals surface area contributed by atoms with Crippen molar-refractivity contribution in [3.05, 3.63) is 45.1 Å². The fourth-order valence-electron chi connectivity index (χ4n) is 1.40. The maximum absolute atomic E-state index is 9.99. The van der Waals surface area contributed by atoms with E-state index in [1.165, 1.54) is 0 Å². The maximum atomic E-state index is 9.99. The van der Waals surface area contributed by atoms with E-state index in [1.54, 1.807) is 0 Å². The van der Waals surface area contributed by atoms with Gasteiger partial charge in [-0.15, -0.1) is 11.6 Å². The van der Waals surface area contributed by atoms with Crippen molar-refractivity contribution < 1.29 is 9.63 Å². The summed E-state index contributed by atoms with van der Waals surface area (Å²) in [6.45, 7) is 0. The molecule has 0 aliphatic carbocycles. The molecule has 1 atom stereocenters. The molecule has 1 aromatic heterocycles. The average molecular weight is 365 g/mol. The third-order valence-electron chi connectivity index (χ3n) is 2.26. The monoisotopic (exact) mass is 364 g/mol. The van der Waals surface area contributed by atoms with E-state index >= 15 is 0 Å². The van der Waals surface area contributed by atoms with Gasteiger partial charge in [0.2, 0.25) is 5.89 Å². The molecule has 6 heteroatoms. The van der Waals surface area contributed by atoms with E-state index in [9.17, 15) is 5.11 Å². The van der Waals surface area contributed by atoms with E-state index in [0.29, 0.717) is 18.1 Å². The quantitative estimate of drug-likeness (QED) is 0.669. The first kappa shape index (κ1) is 12.8. The molecule has 2 rings (SSSR count). The summed E-state index contributed by atoms with van der Waals surface area (Å²) in [4.78, 5) is 4.04. The van der Waals surface area contributed by atoms with Gasteiger partial charge in [-0.05, 0) is 40.3 Å². The first-order valence-electron chi connectivity index (χ1n) is 5.00. The normalized spacial score (nSPS) is 12.6. The number of benzene rings is 1. The molecule has 0 bridgehead atoms. The number of aromatic nitrogens is 2. The lowest BCUT2D eigenvalue weighted by Crippen LogP contribution is -2.03. The van der Waals surface area contributed by atoms with Gasteiger partial charge in [0.15, 0.2) is 5.82 Å². The van der Waals surface area contributed by atoms with Gasteiger partial charge in [0.25, 0.3) is 0 Å². The molecule has 0 aliphatic rings. The van der Waals surface area contributed by atoms with E-state index < -0.39 is 6.10 Å². The summed E-state index contributed by atoms with van der Waals surface area (Å²) < 4.78 is 5.99. The van der Waals surface area contributed by atoms with Gasteiger partial charge in [-0.2, -0.15) is 4.98 Å². The molecule has 0 saturated carbocycles. The van der Waals surface area contributed by atoms with Crippen LogP contribution < -0.4 is 0 Å². The lowest BCUT2D eigenvalue weighted by molar-refractivity contribution is 0.174. The van der Waals surface area contributed by atoms with Gasteiger partial charge in [0, 0.05) is 9.99 Å². The second kappa shape index (κ2) is 5.79. The molecule has 0 amide bonds. The first-order valence-corrected chi connectivity index (χ1v) is 6.61. The predicted molar refractivity (Wildman–Crippen MR) is 71.7 cm³/mol. The Morgan fingerprint density at radius 3 is 2.65 bits per heavy atom. The second-order valence-corrected chi connectivity index (χ2v) is 5.02. The zero-order chi connectivity index (χ0) is 12.3. The Labute approximate surface area is 117 Å². The van der Waals surface area contributed by atoms with Crippen LogP contribution in [0.2, 0.25) is 0 Å². The Bertz CT molecular complexity index is 486. The van der Waals surface area contributed by atoms with Gasteiger partial charge in [0.05, 0.1) is 6.10 Å². The molecule has 4 nitrogen and oxygen atoms in total. The number of alkyl halides is 1. The van der Waals surface area contributed by atoms with Crippen molar-refractivity contribution in [2.75, 3.05) is 0 Å². The van der Waals surface area contributed by atoms with E-state index in [-0.39, 0.29) is 5.88 Å². The SMILES string of the molecule is O[C@@H](Cc1noc(CCl)n1)c1ccc(I)cc1. The highest BCUT2D eigenvalue weighted by molar-refractivity contribution is 14.1. The summed E-state index contributed by atoms with van der Waals surface area (Å²) in [5.74, 6) is 1.02. The molecule has 17 heavy (non-hydrogen) atoms. The Kier molecular flexibility index (Phi) is 4.36. The Morgan fingerprint density at radius 2 is 2.06 bits per heavy atom. The zero-order valence-corrected chi connectivity index (χ0v) is 11.7. The third kappa shape index (κ3) is 3.40. The van der Waals surface area contributed by atoms with Crippen LogP contribution in [0.4, 0.5) is 0 Å². The number of nitrogens with zero attached hydrogens (tertiary/aromatic N) is 2. The number of aliphatic hydroxyl groups excluding tert-OH is 1. The molecule has 1 heterocycles. The molecule has 1 aromatic carbocycles. The van der Waals surface area contributed by atoms with Gasteiger partial charge < -0.3 is 9.63 Å². The Balaban J connectivity index is 2.05. The van der Waals surface area contributed by atoms with Crippen molar-refractivity contribution >= 4 is 34.2 Å². The van der Waals surface area contributed by atoms with Crippen LogP contribution in [0.3, 0.4) is 0 Å². The summed E-state index contributed by atoms with van der Waals surface area (Å²) in [7, 11) is 0. The standard InChI is InChI=1S/C11H10ClIN2O2/c12-6-11-14-10(15-17-11)5-9(16)7-1-3-8(13)4-2-7/h1-4,9,16H,5-6H2/t9-/m0/s1. The summed E-state index contributed by atoms with van der Waals surface area (Å²) in [6, 6.07) is 7.66. The van der Waals surface area contributed by atoms with Crippen LogP contribution in [0.25, 0.3) is 0 Å². The van der Waals surface area contributed by atoms with Crippen LogP contribution in [0.5, 0.6) is 0 Å². The van der Waals surface area contributed by atoms with Crippen molar-refractivity contribution in [1.29, 1.82) is 0 Å². The summed E-state index contributed by atoms with van der Waals surface area (Å²) in [5.41, 5.74) is 0.836. The van der Waals surface area contributed by atoms with Crippen molar-refractivity contribution in [2.24, 2.45) is 0 Å². The number of aliphatic hydroxyl groups is 1. The molecular formula is C11H10ClIN2O2. The summed E-state index contributed by atoms with van der Waals surface area (Å²) in [5, 5.41) is 13.7. The van der Waals surface area contributed by atoms with Gasteiger partial charge in [-0.3, -0.25) is 0 Å². The minimum atomic E-state index is -0.632. The predicted octanol–water partition coefficient (Wildman–Crippen LogP) is 2.69. The van der Waals surface area contributed by atoms with Crippen LogP contribution in [0.15, 0.2) is 28.8 Å². The topological polar surface area (TPSA) is 59.2 Å². The Hall–Kier alpha value is -0.660. The maximum Gasteiger partial charge on any atom is 0.241 e. The number of hydrogen-bond acceptors (Lipinski definition) is 4. The number of hydrogen-bond donors (Lipinski definition) is 1.